The van der Waals surface area contributed by atoms with Gasteiger partial charge in [-0.25, -0.2) is 0 Å². The fourth-order valence-corrected chi connectivity index (χ4v) is 3.75. The molecule has 1 fully saturated rings. The maximum atomic E-state index is 2.32. The Morgan fingerprint density at radius 3 is 1.45 bits per heavy atom. The molecule has 0 aromatic heterocycles. The van der Waals surface area contributed by atoms with Crippen molar-refractivity contribution in [2.75, 3.05) is 0 Å². The molecule has 0 bridgehead atoms. The molecule has 0 nitrogen and oxygen atoms in total. The number of hydrogen-bond donors (Lipinski definition) is 0. The van der Waals surface area contributed by atoms with Gasteiger partial charge in [0.25, 0.3) is 0 Å². The van der Waals surface area contributed by atoms with Gasteiger partial charge < -0.3 is 0 Å². The molecule has 20 heavy (non-hydrogen) atoms. The highest BCUT2D eigenvalue weighted by Gasteiger charge is 2.08. The topological polar surface area (TPSA) is 0 Å². The molecule has 120 valence electrons. The first-order valence-corrected chi connectivity index (χ1v) is 9.93. The predicted molar refractivity (Wildman–Crippen MR) is 92.3 cm³/mol. The van der Waals surface area contributed by atoms with Gasteiger partial charge in [0.05, 0.1) is 0 Å². The number of unbranched alkanes of at least 4 members (excludes halogenated alkanes) is 3. The van der Waals surface area contributed by atoms with Crippen LogP contribution in [-0.2, 0) is 0 Å². The molecule has 0 heteroatoms. The molecule has 1 aliphatic rings. The summed E-state index contributed by atoms with van der Waals surface area (Å²) in [5.74, 6) is 1.06. The van der Waals surface area contributed by atoms with Crippen LogP contribution in [-0.4, -0.2) is 0 Å². The normalized spacial score (nSPS) is 21.4. The van der Waals surface area contributed by atoms with Crippen LogP contribution in [0.15, 0.2) is 0 Å². The van der Waals surface area contributed by atoms with Crippen LogP contribution < -0.4 is 0 Å². The van der Waals surface area contributed by atoms with Crippen LogP contribution in [0.2, 0.25) is 0 Å². The quantitative estimate of drug-likeness (QED) is 0.453. The van der Waals surface area contributed by atoms with E-state index in [2.05, 4.69) is 6.92 Å². The molecule has 0 unspecified atom stereocenters. The van der Waals surface area contributed by atoms with E-state index in [1.54, 1.807) is 0 Å². The lowest BCUT2D eigenvalue weighted by atomic mass is 9.89. The van der Waals surface area contributed by atoms with Gasteiger partial charge in [0.1, 0.15) is 0 Å². The first-order chi connectivity index (χ1) is 9.93. The number of hydrogen-bond acceptors (Lipinski definition) is 0. The van der Waals surface area contributed by atoms with Crippen molar-refractivity contribution in [3.63, 3.8) is 0 Å². The Morgan fingerprint density at radius 1 is 0.550 bits per heavy atom. The van der Waals surface area contributed by atoms with E-state index in [1.165, 1.54) is 116 Å². The average Bonchev–Trinajstić information content (AvgIpc) is 2.47. The van der Waals surface area contributed by atoms with Crippen molar-refractivity contribution in [1.29, 1.82) is 0 Å². The van der Waals surface area contributed by atoms with Crippen molar-refractivity contribution in [2.45, 2.75) is 122 Å². The first kappa shape index (κ1) is 18.1. The summed E-state index contributed by atoms with van der Waals surface area (Å²) >= 11 is 0. The Hall–Kier alpha value is 0. The third-order valence-electron chi connectivity index (χ3n) is 5.19. The van der Waals surface area contributed by atoms with Crippen molar-refractivity contribution in [3.8, 4) is 0 Å². The summed E-state index contributed by atoms with van der Waals surface area (Å²) in [5.41, 5.74) is 0. The molecule has 1 saturated carbocycles. The van der Waals surface area contributed by atoms with Crippen LogP contribution in [0, 0.1) is 5.92 Å². The lowest BCUT2D eigenvalue weighted by molar-refractivity contribution is 0.364. The highest BCUT2D eigenvalue weighted by Crippen LogP contribution is 2.25. The van der Waals surface area contributed by atoms with Crippen molar-refractivity contribution in [3.05, 3.63) is 0 Å². The van der Waals surface area contributed by atoms with Crippen LogP contribution in [0.4, 0.5) is 0 Å². The summed E-state index contributed by atoms with van der Waals surface area (Å²) in [6, 6.07) is 0. The minimum Gasteiger partial charge on any atom is -0.0654 e. The van der Waals surface area contributed by atoms with Gasteiger partial charge in [-0.15, -0.1) is 0 Å². The summed E-state index contributed by atoms with van der Waals surface area (Å²) in [7, 11) is 0. The second kappa shape index (κ2) is 14.0. The molecule has 1 rings (SSSR count). The summed E-state index contributed by atoms with van der Waals surface area (Å²) in [4.78, 5) is 0. The molecule has 0 atom stereocenters. The lowest BCUT2D eigenvalue weighted by Gasteiger charge is -2.17. The molecule has 0 N–H and O–H groups in total. The molecular formula is C20H40. The fourth-order valence-electron chi connectivity index (χ4n) is 3.75. The Labute approximate surface area is 129 Å². The van der Waals surface area contributed by atoms with Gasteiger partial charge in [-0.05, 0) is 5.92 Å². The van der Waals surface area contributed by atoms with Gasteiger partial charge in [0, 0.05) is 0 Å². The zero-order chi connectivity index (χ0) is 14.3. The molecule has 0 saturated heterocycles. The molecule has 0 heterocycles. The zero-order valence-electron chi connectivity index (χ0n) is 14.3. The minimum atomic E-state index is 1.06. The zero-order valence-corrected chi connectivity index (χ0v) is 14.3. The Balaban J connectivity index is 2.18. The minimum absolute atomic E-state index is 1.06. The average molecular weight is 281 g/mol. The van der Waals surface area contributed by atoms with Crippen LogP contribution in [0.5, 0.6) is 0 Å². The summed E-state index contributed by atoms with van der Waals surface area (Å²) < 4.78 is 0. The second-order valence-corrected chi connectivity index (χ2v) is 7.18. The molecule has 0 aromatic rings. The summed E-state index contributed by atoms with van der Waals surface area (Å²) in [6.07, 6.45) is 26.9. The van der Waals surface area contributed by atoms with E-state index in [0.29, 0.717) is 0 Å². The predicted octanol–water partition coefficient (Wildman–Crippen LogP) is 7.66. The van der Waals surface area contributed by atoms with Gasteiger partial charge >= 0.3 is 0 Å². The lowest BCUT2D eigenvalue weighted by Crippen LogP contribution is -2.02. The van der Waals surface area contributed by atoms with E-state index < -0.39 is 0 Å². The molecule has 0 spiro atoms. The van der Waals surface area contributed by atoms with E-state index in [4.69, 9.17) is 0 Å². The van der Waals surface area contributed by atoms with Crippen molar-refractivity contribution in [2.24, 2.45) is 5.92 Å². The van der Waals surface area contributed by atoms with E-state index in [1.807, 2.05) is 0 Å². The van der Waals surface area contributed by atoms with Crippen molar-refractivity contribution in [1.82, 2.24) is 0 Å². The van der Waals surface area contributed by atoms with Crippen molar-refractivity contribution < 1.29 is 0 Å². The summed E-state index contributed by atoms with van der Waals surface area (Å²) in [5, 5.41) is 0. The highest BCUT2D eigenvalue weighted by atomic mass is 14.1. The number of rotatable bonds is 5. The van der Waals surface area contributed by atoms with Crippen LogP contribution in [0.1, 0.15) is 122 Å². The fraction of sp³-hybridized carbons (Fsp3) is 1.00. The molecular weight excluding hydrogens is 240 g/mol. The van der Waals surface area contributed by atoms with Gasteiger partial charge in [-0.2, -0.15) is 0 Å². The molecule has 0 aromatic carbocycles. The molecule has 0 aliphatic heterocycles. The Kier molecular flexibility index (Phi) is 12.6. The third-order valence-corrected chi connectivity index (χ3v) is 5.19. The van der Waals surface area contributed by atoms with E-state index in [9.17, 15) is 0 Å². The second-order valence-electron chi connectivity index (χ2n) is 7.18. The van der Waals surface area contributed by atoms with Gasteiger partial charge in [-0.3, -0.25) is 0 Å². The van der Waals surface area contributed by atoms with Gasteiger partial charge in [0.2, 0.25) is 0 Å². The van der Waals surface area contributed by atoms with Crippen LogP contribution in [0.25, 0.3) is 0 Å². The third kappa shape index (κ3) is 10.7. The Morgan fingerprint density at radius 2 is 1.00 bits per heavy atom. The smallest absolute Gasteiger partial charge is 0.0414 e. The van der Waals surface area contributed by atoms with Crippen molar-refractivity contribution >= 4 is 0 Å². The Bertz CT molecular complexity index is 170. The van der Waals surface area contributed by atoms with E-state index >= 15 is 0 Å². The largest absolute Gasteiger partial charge is 0.0654 e. The molecule has 1 aliphatic carbocycles. The summed E-state index contributed by atoms with van der Waals surface area (Å²) in [6.45, 7) is 2.32. The van der Waals surface area contributed by atoms with Crippen LogP contribution in [0.3, 0.4) is 0 Å². The monoisotopic (exact) mass is 280 g/mol. The highest BCUT2D eigenvalue weighted by molar-refractivity contribution is 4.62. The SMILES string of the molecule is CCCCCCC1CCCCCCCCCCCCC1. The first-order valence-electron chi connectivity index (χ1n) is 9.93. The maximum absolute atomic E-state index is 2.32. The van der Waals surface area contributed by atoms with E-state index in [0.717, 1.165) is 5.92 Å². The molecule has 0 radical (unpaired) electrons. The van der Waals surface area contributed by atoms with Crippen LogP contribution >= 0.6 is 0 Å². The van der Waals surface area contributed by atoms with Gasteiger partial charge in [0.15, 0.2) is 0 Å². The van der Waals surface area contributed by atoms with E-state index in [-0.39, 0.29) is 0 Å². The standard InChI is InChI=1S/C20H40/c1-2-3-4-14-17-20-18-15-12-10-8-6-5-7-9-11-13-16-19-20/h20H,2-19H2,1H3. The van der Waals surface area contributed by atoms with Gasteiger partial charge in [-0.1, -0.05) is 122 Å². The maximum Gasteiger partial charge on any atom is -0.0414 e. The molecule has 0 amide bonds.